The van der Waals surface area contributed by atoms with Crippen LogP contribution in [0.2, 0.25) is 0 Å². The number of methoxy groups -OCH3 is 3. The molecule has 0 amide bonds. The van der Waals surface area contributed by atoms with Crippen molar-refractivity contribution in [3.63, 3.8) is 0 Å². The minimum absolute atomic E-state index is 0.144. The predicted octanol–water partition coefficient (Wildman–Crippen LogP) is 6.66. The van der Waals surface area contributed by atoms with E-state index in [2.05, 4.69) is 31.4 Å². The Labute approximate surface area is 201 Å². The lowest BCUT2D eigenvalue weighted by molar-refractivity contribution is -0.411. The van der Waals surface area contributed by atoms with E-state index in [1.807, 2.05) is 0 Å². The van der Waals surface area contributed by atoms with Crippen LogP contribution in [0.15, 0.2) is 0 Å². The third-order valence-corrected chi connectivity index (χ3v) is 6.90. The van der Waals surface area contributed by atoms with Crippen LogP contribution < -0.4 is 10.6 Å². The summed E-state index contributed by atoms with van der Waals surface area (Å²) in [6.45, 7) is 11.1. The first-order chi connectivity index (χ1) is 15.6. The lowest BCUT2D eigenvalue weighted by Gasteiger charge is -2.47. The fourth-order valence-corrected chi connectivity index (χ4v) is 4.93. The highest BCUT2D eigenvalue weighted by Gasteiger charge is 2.52. The number of nitrogens with one attached hydrogen (secondary N) is 2. The molecule has 0 aliphatic heterocycles. The van der Waals surface area contributed by atoms with Crippen molar-refractivity contribution >= 4 is 0 Å². The average molecular weight is 459 g/mol. The van der Waals surface area contributed by atoms with Crippen molar-refractivity contribution in [1.82, 2.24) is 10.6 Å². The Morgan fingerprint density at radius 3 is 1.28 bits per heavy atom. The highest BCUT2D eigenvalue weighted by atomic mass is 16.9. The van der Waals surface area contributed by atoms with Gasteiger partial charge < -0.3 is 24.8 Å². The molecule has 0 atom stereocenters. The van der Waals surface area contributed by atoms with Gasteiger partial charge in [-0.2, -0.15) is 0 Å². The number of rotatable bonds is 25. The Bertz CT molecular complexity index is 340. The van der Waals surface area contributed by atoms with Gasteiger partial charge in [0, 0.05) is 21.3 Å². The minimum Gasteiger partial charge on any atom is -0.330 e. The lowest BCUT2D eigenvalue weighted by atomic mass is 9.72. The maximum absolute atomic E-state index is 6.00. The van der Waals surface area contributed by atoms with Crippen LogP contribution in [0.25, 0.3) is 0 Å². The van der Waals surface area contributed by atoms with Gasteiger partial charge >= 0.3 is 0 Å². The number of unbranched alkanes of at least 4 members (excludes halogenated alkanes) is 7. The highest BCUT2D eigenvalue weighted by molar-refractivity contribution is 4.89. The molecule has 2 N–H and O–H groups in total. The molecule has 0 spiro atoms. The third kappa shape index (κ3) is 12.3. The van der Waals surface area contributed by atoms with Crippen LogP contribution in [0.4, 0.5) is 0 Å². The Balaban J connectivity index is 5.22. The average Bonchev–Trinajstić information content (AvgIpc) is 2.82. The minimum atomic E-state index is -0.983. The van der Waals surface area contributed by atoms with Crippen LogP contribution in [-0.4, -0.2) is 53.5 Å². The fourth-order valence-electron chi connectivity index (χ4n) is 4.93. The number of hydrogen-bond acceptors (Lipinski definition) is 5. The van der Waals surface area contributed by atoms with E-state index in [1.54, 1.807) is 21.3 Å². The zero-order valence-electron chi connectivity index (χ0n) is 22.7. The van der Waals surface area contributed by atoms with Gasteiger partial charge in [-0.15, -0.1) is 0 Å². The van der Waals surface area contributed by atoms with Crippen LogP contribution in [-0.2, 0) is 14.2 Å². The third-order valence-electron chi connectivity index (χ3n) is 6.90. The Morgan fingerprint density at radius 2 is 0.844 bits per heavy atom. The number of ether oxygens (including phenoxy) is 3. The van der Waals surface area contributed by atoms with Gasteiger partial charge in [-0.05, 0) is 71.1 Å². The summed E-state index contributed by atoms with van der Waals surface area (Å²) in [4.78, 5) is 0. The molecule has 0 aliphatic carbocycles. The summed E-state index contributed by atoms with van der Waals surface area (Å²) in [6.07, 6.45) is 18.1. The van der Waals surface area contributed by atoms with Crippen molar-refractivity contribution in [3.8, 4) is 0 Å². The summed E-state index contributed by atoms with van der Waals surface area (Å²) < 4.78 is 18.0. The molecule has 0 aromatic heterocycles. The van der Waals surface area contributed by atoms with Crippen LogP contribution in [0.3, 0.4) is 0 Å². The molecular weight excluding hydrogens is 400 g/mol. The molecule has 5 heteroatoms. The lowest BCUT2D eigenvalue weighted by Crippen LogP contribution is -2.53. The second-order valence-electron chi connectivity index (χ2n) is 9.38. The molecule has 0 fully saturated rings. The van der Waals surface area contributed by atoms with Gasteiger partial charge in [0.2, 0.25) is 0 Å². The van der Waals surface area contributed by atoms with E-state index in [9.17, 15) is 0 Å². The second-order valence-corrected chi connectivity index (χ2v) is 9.38. The summed E-state index contributed by atoms with van der Waals surface area (Å²) in [5, 5.41) is 7.22. The maximum Gasteiger partial charge on any atom is 0.288 e. The van der Waals surface area contributed by atoms with Crippen LogP contribution in [0, 0.1) is 5.41 Å². The van der Waals surface area contributed by atoms with Crippen molar-refractivity contribution in [3.05, 3.63) is 0 Å². The first-order valence-corrected chi connectivity index (χ1v) is 13.7. The highest BCUT2D eigenvalue weighted by Crippen LogP contribution is 2.48. The molecule has 0 aromatic carbocycles. The van der Waals surface area contributed by atoms with Crippen LogP contribution in [0.5, 0.6) is 0 Å². The van der Waals surface area contributed by atoms with Gasteiger partial charge in [-0.1, -0.05) is 72.1 Å². The van der Waals surface area contributed by atoms with Crippen LogP contribution in [0.1, 0.15) is 117 Å². The van der Waals surface area contributed by atoms with Gasteiger partial charge in [-0.25, -0.2) is 0 Å². The molecule has 0 unspecified atom stereocenters. The van der Waals surface area contributed by atoms with Crippen LogP contribution >= 0.6 is 0 Å². The van der Waals surface area contributed by atoms with Gasteiger partial charge in [0.05, 0.1) is 5.41 Å². The van der Waals surface area contributed by atoms with E-state index >= 15 is 0 Å². The zero-order chi connectivity index (χ0) is 24.0. The molecule has 5 nitrogen and oxygen atoms in total. The molecule has 32 heavy (non-hydrogen) atoms. The summed E-state index contributed by atoms with van der Waals surface area (Å²) in [7, 11) is 5.21. The summed E-state index contributed by atoms with van der Waals surface area (Å²) >= 11 is 0. The van der Waals surface area contributed by atoms with E-state index < -0.39 is 5.97 Å². The van der Waals surface area contributed by atoms with Crippen molar-refractivity contribution < 1.29 is 14.2 Å². The molecule has 0 heterocycles. The Morgan fingerprint density at radius 1 is 0.469 bits per heavy atom. The van der Waals surface area contributed by atoms with Gasteiger partial charge in [-0.3, -0.25) is 0 Å². The normalized spacial score (nSPS) is 12.6. The van der Waals surface area contributed by atoms with Crippen molar-refractivity contribution in [2.24, 2.45) is 5.41 Å². The quantitative estimate of drug-likeness (QED) is 0.118. The molecule has 0 aliphatic rings. The molecule has 0 saturated heterocycles. The predicted molar refractivity (Wildman–Crippen MR) is 138 cm³/mol. The molecule has 0 bridgehead atoms. The first kappa shape index (κ1) is 31.8. The smallest absolute Gasteiger partial charge is 0.288 e. The van der Waals surface area contributed by atoms with Crippen molar-refractivity contribution in [2.45, 2.75) is 123 Å². The molecule has 0 rings (SSSR count). The summed E-state index contributed by atoms with van der Waals surface area (Å²) in [5.74, 6) is -0.983. The SMILES string of the molecule is CCCCCCCCC(CCCNCCCC)(CCCNCCCC)C(OC)(OC)OC. The molecule has 0 radical (unpaired) electrons. The molecular formula is C27H58N2O3. The summed E-state index contributed by atoms with van der Waals surface area (Å²) in [5.41, 5.74) is -0.144. The van der Waals surface area contributed by atoms with E-state index in [0.717, 1.165) is 58.3 Å². The van der Waals surface area contributed by atoms with Gasteiger partial charge in [0.1, 0.15) is 0 Å². The first-order valence-electron chi connectivity index (χ1n) is 13.7. The largest absolute Gasteiger partial charge is 0.330 e. The fraction of sp³-hybridized carbons (Fsp3) is 1.00. The topological polar surface area (TPSA) is 51.8 Å². The Kier molecular flexibility index (Phi) is 21.2. The second kappa shape index (κ2) is 21.3. The van der Waals surface area contributed by atoms with E-state index in [0.29, 0.717) is 0 Å². The van der Waals surface area contributed by atoms with Gasteiger partial charge in [0.25, 0.3) is 5.97 Å². The molecule has 194 valence electrons. The summed E-state index contributed by atoms with van der Waals surface area (Å²) in [6, 6.07) is 0. The van der Waals surface area contributed by atoms with Crippen molar-refractivity contribution in [2.75, 3.05) is 47.5 Å². The standard InChI is InChI=1S/C27H58N2O3/c1-7-10-13-14-15-16-19-26(27(30-4,31-5)32-6,20-17-24-28-22-11-8-2)21-18-25-29-23-12-9-3/h28-29H,7-25H2,1-6H3. The monoisotopic (exact) mass is 458 g/mol. The molecule has 0 saturated carbocycles. The Hall–Kier alpha value is -0.200. The van der Waals surface area contributed by atoms with E-state index in [4.69, 9.17) is 14.2 Å². The zero-order valence-corrected chi connectivity index (χ0v) is 22.7. The van der Waals surface area contributed by atoms with E-state index in [1.165, 1.54) is 64.2 Å². The van der Waals surface area contributed by atoms with E-state index in [-0.39, 0.29) is 5.41 Å². The van der Waals surface area contributed by atoms with Gasteiger partial charge in [0.15, 0.2) is 0 Å². The maximum atomic E-state index is 6.00. The van der Waals surface area contributed by atoms with Crippen molar-refractivity contribution in [1.29, 1.82) is 0 Å². The number of hydrogen-bond donors (Lipinski definition) is 2. The molecule has 0 aromatic rings.